The van der Waals surface area contributed by atoms with Gasteiger partial charge >= 0.3 is 7.48 Å². The van der Waals surface area contributed by atoms with E-state index in [0.717, 1.165) is 27.6 Å². The molecule has 4 heteroatoms. The lowest BCUT2D eigenvalue weighted by Crippen LogP contribution is -2.49. The number of nitrogens with zero attached hydrogens (tertiary/aromatic N) is 1. The predicted molar refractivity (Wildman–Crippen MR) is 122 cm³/mol. The minimum Gasteiger partial charge on any atom is -0.427 e. The summed E-state index contributed by atoms with van der Waals surface area (Å²) in [4.78, 5) is 4.89. The molecule has 1 aromatic heterocycles. The molecule has 145 valence electrons. The molecule has 3 nitrogen and oxygen atoms in total. The monoisotopic (exact) mass is 382 g/mol. The van der Waals surface area contributed by atoms with Crippen LogP contribution in [0.2, 0.25) is 0 Å². The summed E-state index contributed by atoms with van der Waals surface area (Å²) in [5, 5.41) is 13.7. The number of benzene rings is 3. The highest BCUT2D eigenvalue weighted by Crippen LogP contribution is 2.28. The second kappa shape index (κ2) is 7.29. The Kier molecular flexibility index (Phi) is 4.93. The third-order valence-corrected chi connectivity index (χ3v) is 5.74. The Morgan fingerprint density at radius 3 is 2.38 bits per heavy atom. The minimum absolute atomic E-state index is 0.696. The summed E-state index contributed by atoms with van der Waals surface area (Å²) in [5.74, 6) is 0. The van der Waals surface area contributed by atoms with Gasteiger partial charge in [-0.15, -0.1) is 0 Å². The number of aliphatic hydroxyl groups is 1. The second-order valence-electron chi connectivity index (χ2n) is 8.48. The van der Waals surface area contributed by atoms with Crippen LogP contribution >= 0.6 is 0 Å². The molecule has 0 bridgehead atoms. The zero-order valence-electron chi connectivity index (χ0n) is 17.3. The van der Waals surface area contributed by atoms with Crippen molar-refractivity contribution < 1.29 is 9.76 Å². The topological polar surface area (TPSA) is 42.4 Å². The Hall–Kier alpha value is -2.69. The van der Waals surface area contributed by atoms with Crippen molar-refractivity contribution in [2.75, 3.05) is 0 Å². The van der Waals surface area contributed by atoms with Gasteiger partial charge in [0.25, 0.3) is 0 Å². The van der Waals surface area contributed by atoms with Crippen LogP contribution in [0.5, 0.6) is 0 Å². The summed E-state index contributed by atoms with van der Waals surface area (Å²) >= 11 is 0. The lowest BCUT2D eigenvalue weighted by atomic mass is 9.82. The van der Waals surface area contributed by atoms with Crippen LogP contribution in [-0.2, 0) is 4.65 Å². The SMILES string of the molecule is CC(C)(O)C(C)(C)O[B]c1ccc2nc(-c3cccc4ccccc34)ccc2c1. The van der Waals surface area contributed by atoms with Gasteiger partial charge in [0.05, 0.1) is 22.4 Å². The number of hydrogen-bond acceptors (Lipinski definition) is 3. The van der Waals surface area contributed by atoms with Gasteiger partial charge in [0.15, 0.2) is 0 Å². The number of pyridine rings is 1. The van der Waals surface area contributed by atoms with E-state index in [2.05, 4.69) is 60.7 Å². The fourth-order valence-corrected chi connectivity index (χ4v) is 3.18. The van der Waals surface area contributed by atoms with Crippen LogP contribution in [0, 0.1) is 0 Å². The smallest absolute Gasteiger partial charge is 0.330 e. The van der Waals surface area contributed by atoms with E-state index in [0.29, 0.717) is 0 Å². The highest BCUT2D eigenvalue weighted by Gasteiger charge is 2.35. The molecule has 0 saturated carbocycles. The maximum Gasteiger partial charge on any atom is 0.330 e. The third kappa shape index (κ3) is 3.91. The average Bonchev–Trinajstić information content (AvgIpc) is 2.70. The second-order valence-corrected chi connectivity index (χ2v) is 8.48. The van der Waals surface area contributed by atoms with Crippen molar-refractivity contribution in [3.05, 3.63) is 72.8 Å². The zero-order valence-corrected chi connectivity index (χ0v) is 17.3. The standard InChI is InChI=1S/C25H25BNO2/c1-24(2,28)25(3,4)29-26-19-13-15-22-18(16-19)12-14-23(27-22)21-11-7-9-17-8-5-6-10-20(17)21/h5-16,28H,1-4H3. The molecule has 1 N–H and O–H groups in total. The molecule has 29 heavy (non-hydrogen) atoms. The molecule has 0 atom stereocenters. The number of aromatic nitrogens is 1. The predicted octanol–water partition coefficient (Wildman–Crippen LogP) is 4.87. The van der Waals surface area contributed by atoms with Crippen molar-refractivity contribution in [1.29, 1.82) is 0 Å². The molecule has 0 aliphatic carbocycles. The van der Waals surface area contributed by atoms with Crippen LogP contribution in [0.15, 0.2) is 72.8 Å². The van der Waals surface area contributed by atoms with Crippen molar-refractivity contribution in [2.24, 2.45) is 0 Å². The van der Waals surface area contributed by atoms with Crippen LogP contribution < -0.4 is 5.46 Å². The van der Waals surface area contributed by atoms with E-state index in [9.17, 15) is 5.11 Å². The van der Waals surface area contributed by atoms with Crippen molar-refractivity contribution >= 4 is 34.6 Å². The van der Waals surface area contributed by atoms with Crippen LogP contribution in [0.25, 0.3) is 32.9 Å². The Labute approximate surface area is 172 Å². The van der Waals surface area contributed by atoms with Gasteiger partial charge in [-0.3, -0.25) is 0 Å². The van der Waals surface area contributed by atoms with Crippen LogP contribution in [-0.4, -0.2) is 28.8 Å². The van der Waals surface area contributed by atoms with Crippen molar-refractivity contribution in [1.82, 2.24) is 4.98 Å². The summed E-state index contributed by atoms with van der Waals surface area (Å²) in [6, 6.07) is 24.9. The van der Waals surface area contributed by atoms with Gasteiger partial charge < -0.3 is 9.76 Å². The molecular weight excluding hydrogens is 357 g/mol. The first-order chi connectivity index (χ1) is 13.7. The molecule has 0 spiro atoms. The van der Waals surface area contributed by atoms with Crippen LogP contribution in [0.3, 0.4) is 0 Å². The van der Waals surface area contributed by atoms with Crippen molar-refractivity contribution in [3.63, 3.8) is 0 Å². The molecular formula is C25H25BNO2. The van der Waals surface area contributed by atoms with Gasteiger partial charge in [0.1, 0.15) is 0 Å². The van der Waals surface area contributed by atoms with E-state index in [4.69, 9.17) is 9.64 Å². The zero-order chi connectivity index (χ0) is 20.6. The lowest BCUT2D eigenvalue weighted by Gasteiger charge is -2.37. The molecule has 3 aromatic carbocycles. The molecule has 0 aliphatic rings. The Bertz CT molecular complexity index is 1170. The highest BCUT2D eigenvalue weighted by atomic mass is 16.5. The molecule has 0 amide bonds. The molecule has 0 saturated heterocycles. The number of hydrogen-bond donors (Lipinski definition) is 1. The van der Waals surface area contributed by atoms with E-state index in [-0.39, 0.29) is 0 Å². The maximum atomic E-state index is 10.3. The van der Waals surface area contributed by atoms with E-state index in [1.165, 1.54) is 10.8 Å². The Morgan fingerprint density at radius 2 is 1.59 bits per heavy atom. The summed E-state index contributed by atoms with van der Waals surface area (Å²) in [6.07, 6.45) is 0. The van der Waals surface area contributed by atoms with E-state index in [1.54, 1.807) is 21.3 Å². The van der Waals surface area contributed by atoms with Gasteiger partial charge in [0.2, 0.25) is 0 Å². The van der Waals surface area contributed by atoms with Gasteiger partial charge in [-0.05, 0) is 56.0 Å². The molecule has 4 rings (SSSR count). The molecule has 1 heterocycles. The van der Waals surface area contributed by atoms with Crippen molar-refractivity contribution in [2.45, 2.75) is 38.9 Å². The molecule has 0 aliphatic heterocycles. The highest BCUT2D eigenvalue weighted by molar-refractivity contribution is 6.47. The number of rotatable bonds is 5. The molecule has 0 unspecified atom stereocenters. The Morgan fingerprint density at radius 1 is 0.828 bits per heavy atom. The van der Waals surface area contributed by atoms with E-state index in [1.807, 2.05) is 26.0 Å². The van der Waals surface area contributed by atoms with E-state index >= 15 is 0 Å². The van der Waals surface area contributed by atoms with Gasteiger partial charge in [-0.25, -0.2) is 4.98 Å². The minimum atomic E-state index is -0.949. The van der Waals surface area contributed by atoms with Crippen molar-refractivity contribution in [3.8, 4) is 11.3 Å². The molecule has 4 aromatic rings. The molecule has 0 fully saturated rings. The molecule has 1 radical (unpaired) electrons. The lowest BCUT2D eigenvalue weighted by molar-refractivity contribution is -0.0893. The fourth-order valence-electron chi connectivity index (χ4n) is 3.18. The first-order valence-electron chi connectivity index (χ1n) is 9.87. The fraction of sp³-hybridized carbons (Fsp3) is 0.240. The summed E-state index contributed by atoms with van der Waals surface area (Å²) in [7, 11) is 1.70. The quantitative estimate of drug-likeness (QED) is 0.501. The Balaban J connectivity index is 1.64. The average molecular weight is 382 g/mol. The van der Waals surface area contributed by atoms with Gasteiger partial charge in [-0.1, -0.05) is 66.1 Å². The largest absolute Gasteiger partial charge is 0.427 e. The first kappa shape index (κ1) is 19.6. The van der Waals surface area contributed by atoms with Crippen LogP contribution in [0.4, 0.5) is 0 Å². The number of fused-ring (bicyclic) bond motifs is 2. The first-order valence-corrected chi connectivity index (χ1v) is 9.87. The summed E-state index contributed by atoms with van der Waals surface area (Å²) < 4.78 is 5.87. The van der Waals surface area contributed by atoms with E-state index < -0.39 is 11.2 Å². The maximum absolute atomic E-state index is 10.3. The van der Waals surface area contributed by atoms with Gasteiger partial charge in [0, 0.05) is 5.56 Å². The van der Waals surface area contributed by atoms with Crippen LogP contribution in [0.1, 0.15) is 27.7 Å². The summed E-state index contributed by atoms with van der Waals surface area (Å²) in [6.45, 7) is 7.26. The third-order valence-electron chi connectivity index (χ3n) is 5.74. The summed E-state index contributed by atoms with van der Waals surface area (Å²) in [5.41, 5.74) is 2.33. The van der Waals surface area contributed by atoms with Gasteiger partial charge in [-0.2, -0.15) is 0 Å². The normalized spacial score (nSPS) is 12.4.